The van der Waals surface area contributed by atoms with Gasteiger partial charge in [-0.1, -0.05) is 167 Å². The van der Waals surface area contributed by atoms with Gasteiger partial charge in [0.05, 0.1) is 0 Å². The maximum Gasteiger partial charge on any atom is 0.123 e. The van der Waals surface area contributed by atoms with Crippen LogP contribution in [0.1, 0.15) is 118 Å². The summed E-state index contributed by atoms with van der Waals surface area (Å²) in [6.07, 6.45) is 3.02. The summed E-state index contributed by atoms with van der Waals surface area (Å²) in [4.78, 5) is 0. The van der Waals surface area contributed by atoms with E-state index in [2.05, 4.69) is 76.2 Å². The van der Waals surface area contributed by atoms with Crippen LogP contribution in [-0.4, -0.2) is 20.4 Å². The molecule has 4 heteroatoms. The molecular formula is C53H52O4. The Labute approximate surface area is 337 Å². The van der Waals surface area contributed by atoms with Gasteiger partial charge in [0, 0.05) is 51.1 Å². The van der Waals surface area contributed by atoms with Gasteiger partial charge in [-0.15, -0.1) is 0 Å². The van der Waals surface area contributed by atoms with Crippen molar-refractivity contribution < 1.29 is 20.4 Å². The van der Waals surface area contributed by atoms with Crippen LogP contribution in [0.4, 0.5) is 0 Å². The van der Waals surface area contributed by atoms with E-state index in [1.807, 2.05) is 91.0 Å². The fourth-order valence-electron chi connectivity index (χ4n) is 8.40. The zero-order valence-corrected chi connectivity index (χ0v) is 33.3. The fraction of sp³-hybridized carbons (Fsp3) is 0.208. The molecule has 0 amide bonds. The lowest BCUT2D eigenvalue weighted by molar-refractivity contribution is 0.446. The SMILES string of the molecule is CCc1ccc(O)c(C(c2ccccc2)c2cc(CC)cc(C(c3ccccc3)c3cc(CC)cc(C(c4ccccc4)c4cc(CC)ccc4O)c3O)c2O)c1. The number of phenols is 4. The van der Waals surface area contributed by atoms with Crippen molar-refractivity contribution in [3.8, 4) is 23.0 Å². The van der Waals surface area contributed by atoms with Crippen LogP contribution in [0.3, 0.4) is 0 Å². The fourth-order valence-corrected chi connectivity index (χ4v) is 8.40. The van der Waals surface area contributed by atoms with E-state index < -0.39 is 17.8 Å². The highest BCUT2D eigenvalue weighted by Crippen LogP contribution is 2.50. The van der Waals surface area contributed by atoms with Crippen molar-refractivity contribution in [1.82, 2.24) is 0 Å². The lowest BCUT2D eigenvalue weighted by Crippen LogP contribution is -2.12. The Bertz CT molecular complexity index is 2300. The minimum atomic E-state index is -0.569. The lowest BCUT2D eigenvalue weighted by atomic mass is 9.76. The normalized spacial score (nSPS) is 12.9. The van der Waals surface area contributed by atoms with Gasteiger partial charge in [-0.3, -0.25) is 0 Å². The molecule has 0 aliphatic heterocycles. The molecule has 2 atom stereocenters. The molecule has 0 saturated carbocycles. The molecular weight excluding hydrogens is 701 g/mol. The third-order valence-electron chi connectivity index (χ3n) is 11.5. The van der Waals surface area contributed by atoms with Crippen molar-refractivity contribution in [1.29, 1.82) is 0 Å². The summed E-state index contributed by atoms with van der Waals surface area (Å²) in [6.45, 7) is 8.42. The molecule has 7 rings (SSSR count). The van der Waals surface area contributed by atoms with Crippen molar-refractivity contribution in [2.24, 2.45) is 0 Å². The Morgan fingerprint density at radius 1 is 0.316 bits per heavy atom. The van der Waals surface area contributed by atoms with E-state index in [9.17, 15) is 20.4 Å². The number of benzene rings is 7. The summed E-state index contributed by atoms with van der Waals surface area (Å²) in [5.74, 6) is -0.934. The van der Waals surface area contributed by atoms with E-state index in [1.165, 1.54) is 0 Å². The minimum absolute atomic E-state index is 0.118. The molecule has 0 aliphatic carbocycles. The molecule has 2 unspecified atom stereocenters. The lowest BCUT2D eigenvalue weighted by Gasteiger charge is -2.29. The number of hydrogen-bond donors (Lipinski definition) is 4. The molecule has 0 radical (unpaired) electrons. The van der Waals surface area contributed by atoms with Gasteiger partial charge in [-0.25, -0.2) is 0 Å². The molecule has 0 spiro atoms. The summed E-state index contributed by atoms with van der Waals surface area (Å²) < 4.78 is 0. The number of hydrogen-bond acceptors (Lipinski definition) is 4. The standard InChI is InChI=1S/C53H52O4/c1-5-34-24-26-47(54)41(28-34)49(38-18-12-9-13-19-38)43-30-36(7-3)32-45(52(43)56)51(40-22-16-11-17-23-40)46-33-37(8-4)31-44(53(46)57)50(39-20-14-10-15-21-39)42-29-35(6-2)25-27-48(42)55/h9-33,49-51,54-57H,5-8H2,1-4H3. The van der Waals surface area contributed by atoms with Crippen LogP contribution in [0.2, 0.25) is 0 Å². The van der Waals surface area contributed by atoms with Gasteiger partial charge in [0.25, 0.3) is 0 Å². The molecule has 0 saturated heterocycles. The third-order valence-corrected chi connectivity index (χ3v) is 11.5. The molecule has 4 nitrogen and oxygen atoms in total. The Balaban J connectivity index is 1.53. The number of rotatable bonds is 13. The van der Waals surface area contributed by atoms with Gasteiger partial charge in [0.1, 0.15) is 23.0 Å². The van der Waals surface area contributed by atoms with Crippen LogP contribution in [0.25, 0.3) is 0 Å². The summed E-state index contributed by atoms with van der Waals surface area (Å²) >= 11 is 0. The molecule has 0 bridgehead atoms. The number of phenolic OH excluding ortho intramolecular Hbond substituents is 4. The van der Waals surface area contributed by atoms with Crippen LogP contribution in [0.5, 0.6) is 23.0 Å². The van der Waals surface area contributed by atoms with E-state index in [1.54, 1.807) is 12.1 Å². The quantitative estimate of drug-likeness (QED) is 0.0884. The van der Waals surface area contributed by atoms with Crippen LogP contribution >= 0.6 is 0 Å². The first-order valence-electron chi connectivity index (χ1n) is 20.3. The zero-order valence-electron chi connectivity index (χ0n) is 33.3. The molecule has 7 aromatic carbocycles. The molecule has 0 aromatic heterocycles. The van der Waals surface area contributed by atoms with E-state index in [-0.39, 0.29) is 23.0 Å². The maximum atomic E-state index is 12.9. The second-order valence-electron chi connectivity index (χ2n) is 15.0. The molecule has 288 valence electrons. The van der Waals surface area contributed by atoms with Crippen molar-refractivity contribution in [2.75, 3.05) is 0 Å². The summed E-state index contributed by atoms with van der Waals surface area (Å²) in [5, 5.41) is 48.6. The molecule has 0 aliphatic rings. The highest BCUT2D eigenvalue weighted by Gasteiger charge is 2.32. The van der Waals surface area contributed by atoms with Crippen LogP contribution in [-0.2, 0) is 25.7 Å². The highest BCUT2D eigenvalue weighted by molar-refractivity contribution is 5.64. The predicted octanol–water partition coefficient (Wildman–Crippen LogP) is 12.3. The summed E-state index contributed by atoms with van der Waals surface area (Å²) in [6, 6.07) is 50.0. The van der Waals surface area contributed by atoms with Gasteiger partial charge >= 0.3 is 0 Å². The summed E-state index contributed by atoms with van der Waals surface area (Å²) in [5.41, 5.74) is 11.2. The van der Waals surface area contributed by atoms with Gasteiger partial charge < -0.3 is 20.4 Å². The monoisotopic (exact) mass is 752 g/mol. The Hall–Kier alpha value is -6.26. The van der Waals surface area contributed by atoms with E-state index in [0.717, 1.165) is 62.9 Å². The van der Waals surface area contributed by atoms with Gasteiger partial charge in [-0.2, -0.15) is 0 Å². The van der Waals surface area contributed by atoms with Gasteiger partial charge in [-0.05, 0) is 76.8 Å². The number of aryl methyl sites for hydroxylation is 4. The van der Waals surface area contributed by atoms with Crippen LogP contribution < -0.4 is 0 Å². The molecule has 0 fully saturated rings. The summed E-state index contributed by atoms with van der Waals surface area (Å²) in [7, 11) is 0. The first-order valence-corrected chi connectivity index (χ1v) is 20.3. The third kappa shape index (κ3) is 7.91. The molecule has 57 heavy (non-hydrogen) atoms. The number of aromatic hydroxyl groups is 4. The average Bonchev–Trinajstić information content (AvgIpc) is 3.25. The van der Waals surface area contributed by atoms with Gasteiger partial charge in [0.2, 0.25) is 0 Å². The first-order chi connectivity index (χ1) is 27.8. The molecule has 7 aromatic rings. The minimum Gasteiger partial charge on any atom is -0.508 e. The Kier molecular flexibility index (Phi) is 11.8. The van der Waals surface area contributed by atoms with Gasteiger partial charge in [0.15, 0.2) is 0 Å². The van der Waals surface area contributed by atoms with E-state index in [0.29, 0.717) is 35.1 Å². The maximum absolute atomic E-state index is 12.9. The first kappa shape index (κ1) is 39.0. The topological polar surface area (TPSA) is 80.9 Å². The van der Waals surface area contributed by atoms with E-state index in [4.69, 9.17) is 0 Å². The zero-order chi connectivity index (χ0) is 40.1. The smallest absolute Gasteiger partial charge is 0.123 e. The highest BCUT2D eigenvalue weighted by atomic mass is 16.3. The Morgan fingerprint density at radius 3 is 0.860 bits per heavy atom. The average molecular weight is 753 g/mol. The second-order valence-corrected chi connectivity index (χ2v) is 15.0. The van der Waals surface area contributed by atoms with Crippen molar-refractivity contribution >= 4 is 0 Å². The van der Waals surface area contributed by atoms with Crippen LogP contribution in [0, 0.1) is 0 Å². The largest absolute Gasteiger partial charge is 0.508 e. The molecule has 4 N–H and O–H groups in total. The second kappa shape index (κ2) is 17.3. The predicted molar refractivity (Wildman–Crippen MR) is 232 cm³/mol. The van der Waals surface area contributed by atoms with Crippen molar-refractivity contribution in [3.05, 3.63) is 224 Å². The molecule has 0 heterocycles. The van der Waals surface area contributed by atoms with Crippen molar-refractivity contribution in [3.63, 3.8) is 0 Å². The van der Waals surface area contributed by atoms with Crippen LogP contribution in [0.15, 0.2) is 152 Å². The van der Waals surface area contributed by atoms with E-state index >= 15 is 0 Å². The van der Waals surface area contributed by atoms with Crippen molar-refractivity contribution in [2.45, 2.75) is 71.1 Å². The Morgan fingerprint density at radius 2 is 0.579 bits per heavy atom.